The third-order valence-corrected chi connectivity index (χ3v) is 5.15. The van der Waals surface area contributed by atoms with Crippen molar-refractivity contribution in [3.05, 3.63) is 38.0 Å². The largest absolute Gasteiger partial charge is 0.357 e. The Labute approximate surface area is 163 Å². The molecule has 0 aliphatic heterocycles. The fourth-order valence-corrected chi connectivity index (χ4v) is 3.76. The first-order valence-corrected chi connectivity index (χ1v) is 9.42. The Hall–Kier alpha value is -0.670. The molecule has 2 aromatic heterocycles. The second-order valence-electron chi connectivity index (χ2n) is 4.92. The zero-order chi connectivity index (χ0) is 15.8. The van der Waals surface area contributed by atoms with Gasteiger partial charge in [0.25, 0.3) is 0 Å². The summed E-state index contributed by atoms with van der Waals surface area (Å²) in [6.07, 6.45) is 1.95. The third kappa shape index (κ3) is 6.76. The lowest BCUT2D eigenvalue weighted by Crippen LogP contribution is -2.38. The summed E-state index contributed by atoms with van der Waals surface area (Å²) >= 11 is 3.55. The van der Waals surface area contributed by atoms with Crippen LogP contribution in [0.4, 0.5) is 0 Å². The van der Waals surface area contributed by atoms with Crippen molar-refractivity contribution in [2.75, 3.05) is 13.1 Å². The van der Waals surface area contributed by atoms with Crippen molar-refractivity contribution in [1.29, 1.82) is 0 Å². The maximum atomic E-state index is 4.68. The van der Waals surface area contributed by atoms with Gasteiger partial charge in [-0.3, -0.25) is 0 Å². The summed E-state index contributed by atoms with van der Waals surface area (Å²) < 4.78 is 0. The van der Waals surface area contributed by atoms with Crippen LogP contribution in [0.5, 0.6) is 0 Å². The molecule has 0 bridgehead atoms. The van der Waals surface area contributed by atoms with Gasteiger partial charge >= 0.3 is 0 Å². The van der Waals surface area contributed by atoms with Crippen molar-refractivity contribution in [2.24, 2.45) is 4.99 Å². The first-order chi connectivity index (χ1) is 10.7. The van der Waals surface area contributed by atoms with Crippen LogP contribution in [0.2, 0.25) is 0 Å². The van der Waals surface area contributed by atoms with Gasteiger partial charge in [-0.05, 0) is 31.7 Å². The molecule has 23 heavy (non-hydrogen) atoms. The van der Waals surface area contributed by atoms with Crippen LogP contribution in [0.15, 0.2) is 22.5 Å². The normalized spacial score (nSPS) is 11.2. The molecule has 0 amide bonds. The molecule has 0 aromatic carbocycles. The van der Waals surface area contributed by atoms with Gasteiger partial charge in [0.1, 0.15) is 0 Å². The second kappa shape index (κ2) is 11.0. The fraction of sp³-hybridized carbons (Fsp3) is 0.500. The lowest BCUT2D eigenvalue weighted by molar-refractivity contribution is 0.795. The van der Waals surface area contributed by atoms with Crippen LogP contribution in [0, 0.1) is 6.92 Å². The Kier molecular flexibility index (Phi) is 9.73. The minimum absolute atomic E-state index is 0. The molecule has 4 nitrogen and oxygen atoms in total. The Morgan fingerprint density at radius 1 is 1.30 bits per heavy atom. The molecule has 0 radical (unpaired) electrons. The molecule has 0 aliphatic rings. The molecule has 0 unspecified atom stereocenters. The number of aliphatic imine (C=N–C) groups is 1. The van der Waals surface area contributed by atoms with E-state index in [0.29, 0.717) is 0 Å². The van der Waals surface area contributed by atoms with Crippen LogP contribution in [-0.2, 0) is 19.4 Å². The standard InChI is InChI=1S/C16H24N4S2.HI/c1-4-14-12(3)22-15(20-14)8-9-18-16(17-5-2)19-11-13-7-6-10-21-13;/h6-7,10H,4-5,8-9,11H2,1-3H3,(H2,17,18,19);1H. The molecular weight excluding hydrogens is 439 g/mol. The molecule has 0 fully saturated rings. The molecule has 0 saturated heterocycles. The molecule has 128 valence electrons. The topological polar surface area (TPSA) is 49.3 Å². The first kappa shape index (κ1) is 20.4. The van der Waals surface area contributed by atoms with Crippen LogP contribution < -0.4 is 10.6 Å². The SMILES string of the molecule is CCNC(=NCc1cccs1)NCCc1nc(CC)c(C)s1.I. The molecule has 2 rings (SSSR count). The summed E-state index contributed by atoms with van der Waals surface area (Å²) in [5, 5.41) is 9.96. The van der Waals surface area contributed by atoms with E-state index in [-0.39, 0.29) is 24.0 Å². The highest BCUT2D eigenvalue weighted by atomic mass is 127. The van der Waals surface area contributed by atoms with E-state index in [1.807, 2.05) is 0 Å². The van der Waals surface area contributed by atoms with Crippen LogP contribution in [0.1, 0.15) is 34.3 Å². The lowest BCUT2D eigenvalue weighted by atomic mass is 10.3. The molecule has 2 aromatic rings. The van der Waals surface area contributed by atoms with E-state index in [9.17, 15) is 0 Å². The predicted molar refractivity (Wildman–Crippen MR) is 112 cm³/mol. The number of guanidine groups is 1. The number of rotatable bonds is 7. The maximum Gasteiger partial charge on any atom is 0.191 e. The number of hydrogen-bond acceptors (Lipinski definition) is 4. The van der Waals surface area contributed by atoms with E-state index in [0.717, 1.165) is 38.4 Å². The van der Waals surface area contributed by atoms with Gasteiger partial charge in [-0.15, -0.1) is 46.7 Å². The summed E-state index contributed by atoms with van der Waals surface area (Å²) in [4.78, 5) is 11.9. The Balaban J connectivity index is 0.00000264. The number of halogens is 1. The minimum Gasteiger partial charge on any atom is -0.357 e. The number of aryl methyl sites for hydroxylation is 2. The first-order valence-electron chi connectivity index (χ1n) is 7.72. The van der Waals surface area contributed by atoms with Crippen molar-refractivity contribution in [3.63, 3.8) is 0 Å². The Morgan fingerprint density at radius 2 is 2.13 bits per heavy atom. The molecule has 0 atom stereocenters. The summed E-state index contributed by atoms with van der Waals surface area (Å²) in [6, 6.07) is 4.17. The molecule has 2 heterocycles. The number of nitrogens with one attached hydrogen (secondary N) is 2. The zero-order valence-corrected chi connectivity index (χ0v) is 17.9. The number of thiazole rings is 1. The molecule has 0 aliphatic carbocycles. The lowest BCUT2D eigenvalue weighted by Gasteiger charge is -2.10. The average molecular weight is 464 g/mol. The number of nitrogens with zero attached hydrogens (tertiary/aromatic N) is 2. The van der Waals surface area contributed by atoms with Gasteiger partial charge in [-0.25, -0.2) is 9.98 Å². The fourth-order valence-electron chi connectivity index (χ4n) is 2.11. The second-order valence-corrected chi connectivity index (χ2v) is 7.24. The summed E-state index contributed by atoms with van der Waals surface area (Å²) in [5.74, 6) is 0.875. The highest BCUT2D eigenvalue weighted by molar-refractivity contribution is 14.0. The molecule has 2 N–H and O–H groups in total. The van der Waals surface area contributed by atoms with Gasteiger partial charge in [-0.1, -0.05) is 13.0 Å². The van der Waals surface area contributed by atoms with Crippen LogP contribution in [-0.4, -0.2) is 24.0 Å². The zero-order valence-electron chi connectivity index (χ0n) is 13.9. The number of hydrogen-bond donors (Lipinski definition) is 2. The number of aromatic nitrogens is 1. The summed E-state index contributed by atoms with van der Waals surface area (Å²) in [6.45, 7) is 8.84. The van der Waals surface area contributed by atoms with E-state index in [2.05, 4.69) is 58.9 Å². The van der Waals surface area contributed by atoms with E-state index >= 15 is 0 Å². The van der Waals surface area contributed by atoms with Gasteiger partial charge < -0.3 is 10.6 Å². The van der Waals surface area contributed by atoms with Gasteiger partial charge in [0.15, 0.2) is 5.96 Å². The molecule has 7 heteroatoms. The van der Waals surface area contributed by atoms with Crippen molar-refractivity contribution >= 4 is 52.6 Å². The molecular formula is C16H25IN4S2. The Bertz CT molecular complexity index is 593. The van der Waals surface area contributed by atoms with Gasteiger partial charge in [0, 0.05) is 29.3 Å². The van der Waals surface area contributed by atoms with Crippen molar-refractivity contribution in [2.45, 2.75) is 40.2 Å². The van der Waals surface area contributed by atoms with Gasteiger partial charge in [0.05, 0.1) is 17.2 Å². The smallest absolute Gasteiger partial charge is 0.191 e. The monoisotopic (exact) mass is 464 g/mol. The highest BCUT2D eigenvalue weighted by Crippen LogP contribution is 2.17. The maximum absolute atomic E-state index is 4.68. The minimum atomic E-state index is 0. The van der Waals surface area contributed by atoms with E-state index < -0.39 is 0 Å². The van der Waals surface area contributed by atoms with Crippen LogP contribution in [0.25, 0.3) is 0 Å². The van der Waals surface area contributed by atoms with Crippen molar-refractivity contribution < 1.29 is 0 Å². The van der Waals surface area contributed by atoms with Crippen molar-refractivity contribution in [3.8, 4) is 0 Å². The van der Waals surface area contributed by atoms with E-state index in [1.165, 1.54) is 20.5 Å². The predicted octanol–water partition coefficient (Wildman–Crippen LogP) is 3.99. The van der Waals surface area contributed by atoms with Gasteiger partial charge in [-0.2, -0.15) is 0 Å². The van der Waals surface area contributed by atoms with E-state index in [4.69, 9.17) is 0 Å². The quantitative estimate of drug-likeness (QED) is 0.370. The van der Waals surface area contributed by atoms with Crippen molar-refractivity contribution in [1.82, 2.24) is 15.6 Å². The van der Waals surface area contributed by atoms with Crippen LogP contribution in [0.3, 0.4) is 0 Å². The van der Waals surface area contributed by atoms with Crippen LogP contribution >= 0.6 is 46.7 Å². The molecule has 0 saturated carbocycles. The third-order valence-electron chi connectivity index (χ3n) is 3.22. The Morgan fingerprint density at radius 3 is 2.74 bits per heavy atom. The van der Waals surface area contributed by atoms with Gasteiger partial charge in [0.2, 0.25) is 0 Å². The summed E-state index contributed by atoms with van der Waals surface area (Å²) in [7, 11) is 0. The number of thiophene rings is 1. The van der Waals surface area contributed by atoms with E-state index in [1.54, 1.807) is 22.7 Å². The molecule has 0 spiro atoms. The highest BCUT2D eigenvalue weighted by Gasteiger charge is 2.06. The summed E-state index contributed by atoms with van der Waals surface area (Å²) in [5.41, 5.74) is 1.23. The average Bonchev–Trinajstić information content (AvgIpc) is 3.14.